The number of nitrogens with zero attached hydrogens (tertiary/aromatic N) is 1. The van der Waals surface area contributed by atoms with E-state index in [1.165, 1.54) is 0 Å². The van der Waals surface area contributed by atoms with Crippen molar-refractivity contribution in [2.75, 3.05) is 20.2 Å². The van der Waals surface area contributed by atoms with Crippen LogP contribution in [0.5, 0.6) is 5.75 Å². The van der Waals surface area contributed by atoms with Crippen LogP contribution in [0.4, 0.5) is 0 Å². The number of sulfonamides is 1. The maximum atomic E-state index is 12.4. The van der Waals surface area contributed by atoms with Crippen molar-refractivity contribution in [3.63, 3.8) is 0 Å². The molecule has 0 spiro atoms. The number of aryl methyl sites for hydroxylation is 2. The van der Waals surface area contributed by atoms with E-state index in [2.05, 4.69) is 4.72 Å². The van der Waals surface area contributed by atoms with Gasteiger partial charge in [0.25, 0.3) is 0 Å². The zero-order valence-electron chi connectivity index (χ0n) is 16.9. The number of benzene rings is 2. The van der Waals surface area contributed by atoms with Gasteiger partial charge in [-0.15, -0.1) is 0 Å². The monoisotopic (exact) mass is 404 g/mol. The molecule has 28 heavy (non-hydrogen) atoms. The molecule has 0 saturated heterocycles. The molecule has 7 heteroatoms. The predicted octanol–water partition coefficient (Wildman–Crippen LogP) is 3.03. The molecule has 0 aliphatic heterocycles. The van der Waals surface area contributed by atoms with Crippen molar-refractivity contribution < 1.29 is 17.9 Å². The number of nitrogens with one attached hydrogen (secondary N) is 1. The zero-order valence-corrected chi connectivity index (χ0v) is 17.7. The molecule has 0 unspecified atom stereocenters. The van der Waals surface area contributed by atoms with Gasteiger partial charge in [0, 0.05) is 26.6 Å². The van der Waals surface area contributed by atoms with Crippen LogP contribution in [0, 0.1) is 13.8 Å². The fourth-order valence-corrected chi connectivity index (χ4v) is 4.14. The van der Waals surface area contributed by atoms with Gasteiger partial charge in [0.05, 0.1) is 11.5 Å². The molecule has 0 radical (unpaired) electrons. The highest BCUT2D eigenvalue weighted by Gasteiger charge is 2.17. The molecule has 0 atom stereocenters. The summed E-state index contributed by atoms with van der Waals surface area (Å²) in [7, 11) is -1.93. The van der Waals surface area contributed by atoms with Gasteiger partial charge in [0.15, 0.2) is 0 Å². The first kappa shape index (κ1) is 21.9. The summed E-state index contributed by atoms with van der Waals surface area (Å²) >= 11 is 0. The van der Waals surface area contributed by atoms with Crippen molar-refractivity contribution in [2.45, 2.75) is 38.6 Å². The molecule has 6 nitrogen and oxygen atoms in total. The molecule has 0 saturated carbocycles. The van der Waals surface area contributed by atoms with E-state index < -0.39 is 10.0 Å². The van der Waals surface area contributed by atoms with Gasteiger partial charge in [0.1, 0.15) is 5.75 Å². The molecule has 2 rings (SSSR count). The van der Waals surface area contributed by atoms with Gasteiger partial charge < -0.3 is 9.64 Å². The molecule has 1 amide bonds. The van der Waals surface area contributed by atoms with E-state index in [0.29, 0.717) is 18.7 Å². The summed E-state index contributed by atoms with van der Waals surface area (Å²) in [5.74, 6) is 0.665. The quantitative estimate of drug-likeness (QED) is 0.697. The summed E-state index contributed by atoms with van der Waals surface area (Å²) in [5, 5.41) is 0. The Morgan fingerprint density at radius 2 is 1.79 bits per heavy atom. The van der Waals surface area contributed by atoms with E-state index in [0.717, 1.165) is 16.9 Å². The predicted molar refractivity (Wildman–Crippen MR) is 110 cm³/mol. The number of amides is 1. The lowest BCUT2D eigenvalue weighted by molar-refractivity contribution is -0.130. The van der Waals surface area contributed by atoms with Crippen molar-refractivity contribution in [1.82, 2.24) is 9.62 Å². The summed E-state index contributed by atoms with van der Waals surface area (Å²) in [6.07, 6.45) is 0.0949. The second-order valence-electron chi connectivity index (χ2n) is 6.74. The third-order valence-corrected chi connectivity index (χ3v) is 5.95. The summed E-state index contributed by atoms with van der Waals surface area (Å²) in [5.41, 5.74) is 2.67. The molecule has 0 aliphatic rings. The normalized spacial score (nSPS) is 11.3. The van der Waals surface area contributed by atoms with E-state index in [9.17, 15) is 13.2 Å². The highest BCUT2D eigenvalue weighted by atomic mass is 32.2. The van der Waals surface area contributed by atoms with E-state index >= 15 is 0 Å². The standard InChI is InChI=1S/C21H28N2O4S/c1-5-27-19-9-7-18(8-10-19)15-23(4)21(24)12-13-22-28(25,26)20-11-6-16(2)14-17(20)3/h6-11,14,22H,5,12-13,15H2,1-4H3. The number of carbonyl (C=O) groups excluding carboxylic acids is 1. The van der Waals surface area contributed by atoms with Gasteiger partial charge in [-0.2, -0.15) is 0 Å². The van der Waals surface area contributed by atoms with Crippen molar-refractivity contribution >= 4 is 15.9 Å². The second-order valence-corrected chi connectivity index (χ2v) is 8.48. The number of hydrogen-bond donors (Lipinski definition) is 1. The Balaban J connectivity index is 1.87. The smallest absolute Gasteiger partial charge is 0.240 e. The largest absolute Gasteiger partial charge is 0.494 e. The Bertz CT molecular complexity index is 909. The molecule has 0 heterocycles. The first-order valence-electron chi connectivity index (χ1n) is 9.25. The van der Waals surface area contributed by atoms with Crippen LogP contribution < -0.4 is 9.46 Å². The molecule has 0 aromatic heterocycles. The summed E-state index contributed by atoms with van der Waals surface area (Å²) in [6.45, 7) is 6.72. The van der Waals surface area contributed by atoms with Crippen molar-refractivity contribution in [3.05, 3.63) is 59.2 Å². The number of ether oxygens (including phenoxy) is 1. The van der Waals surface area contributed by atoms with E-state index in [-0.39, 0.29) is 23.8 Å². The molecular weight excluding hydrogens is 376 g/mol. The summed E-state index contributed by atoms with van der Waals surface area (Å²) in [6, 6.07) is 12.7. The van der Waals surface area contributed by atoms with Gasteiger partial charge in [-0.25, -0.2) is 13.1 Å². The van der Waals surface area contributed by atoms with Crippen LogP contribution in [0.3, 0.4) is 0 Å². The number of hydrogen-bond acceptors (Lipinski definition) is 4. The first-order chi connectivity index (χ1) is 13.2. The fraction of sp³-hybridized carbons (Fsp3) is 0.381. The Hall–Kier alpha value is -2.38. The van der Waals surface area contributed by atoms with E-state index in [4.69, 9.17) is 4.74 Å². The van der Waals surface area contributed by atoms with Crippen LogP contribution in [0.2, 0.25) is 0 Å². The van der Waals surface area contributed by atoms with Gasteiger partial charge in [-0.3, -0.25) is 4.79 Å². The second kappa shape index (κ2) is 9.71. The van der Waals surface area contributed by atoms with Crippen LogP contribution in [-0.2, 0) is 21.4 Å². The first-order valence-corrected chi connectivity index (χ1v) is 10.7. The highest BCUT2D eigenvalue weighted by molar-refractivity contribution is 7.89. The van der Waals surface area contributed by atoms with Crippen molar-refractivity contribution in [2.24, 2.45) is 0 Å². The Labute approximate surface area is 167 Å². The minimum atomic E-state index is -3.63. The molecule has 0 fully saturated rings. The average molecular weight is 405 g/mol. The molecule has 1 N–H and O–H groups in total. The minimum Gasteiger partial charge on any atom is -0.494 e. The number of carbonyl (C=O) groups is 1. The molecule has 2 aromatic rings. The van der Waals surface area contributed by atoms with Gasteiger partial charge in [-0.05, 0) is 50.1 Å². The SMILES string of the molecule is CCOc1ccc(CN(C)C(=O)CCNS(=O)(=O)c2ccc(C)cc2C)cc1. The van der Waals surface area contributed by atoms with Crippen LogP contribution in [0.25, 0.3) is 0 Å². The van der Waals surface area contributed by atoms with Crippen LogP contribution >= 0.6 is 0 Å². The molecular formula is C21H28N2O4S. The van der Waals surface area contributed by atoms with Gasteiger partial charge >= 0.3 is 0 Å². The van der Waals surface area contributed by atoms with E-state index in [1.54, 1.807) is 31.0 Å². The maximum absolute atomic E-state index is 12.4. The molecule has 0 aliphatic carbocycles. The number of rotatable bonds is 9. The van der Waals surface area contributed by atoms with E-state index in [1.807, 2.05) is 44.2 Å². The van der Waals surface area contributed by atoms with Gasteiger partial charge in [-0.1, -0.05) is 29.8 Å². The third-order valence-electron chi connectivity index (χ3n) is 4.33. The molecule has 152 valence electrons. The Morgan fingerprint density at radius 3 is 2.39 bits per heavy atom. The third kappa shape index (κ3) is 6.07. The highest BCUT2D eigenvalue weighted by Crippen LogP contribution is 2.16. The topological polar surface area (TPSA) is 75.7 Å². The Kier molecular flexibility index (Phi) is 7.60. The maximum Gasteiger partial charge on any atom is 0.240 e. The van der Waals surface area contributed by atoms with Gasteiger partial charge in [0.2, 0.25) is 15.9 Å². The van der Waals surface area contributed by atoms with Crippen LogP contribution in [-0.4, -0.2) is 39.4 Å². The average Bonchev–Trinajstić information content (AvgIpc) is 2.63. The lowest BCUT2D eigenvalue weighted by Crippen LogP contribution is -2.32. The minimum absolute atomic E-state index is 0.0576. The van der Waals surface area contributed by atoms with Crippen molar-refractivity contribution in [3.8, 4) is 5.75 Å². The molecule has 0 bridgehead atoms. The molecule has 2 aromatic carbocycles. The van der Waals surface area contributed by atoms with Crippen LogP contribution in [0.15, 0.2) is 47.4 Å². The lowest BCUT2D eigenvalue weighted by atomic mass is 10.2. The fourth-order valence-electron chi connectivity index (χ4n) is 2.88. The van der Waals surface area contributed by atoms with Crippen LogP contribution in [0.1, 0.15) is 30.0 Å². The summed E-state index contributed by atoms with van der Waals surface area (Å²) in [4.78, 5) is 14.1. The van der Waals surface area contributed by atoms with Crippen molar-refractivity contribution in [1.29, 1.82) is 0 Å². The Morgan fingerprint density at radius 1 is 1.11 bits per heavy atom. The lowest BCUT2D eigenvalue weighted by Gasteiger charge is -2.18. The summed E-state index contributed by atoms with van der Waals surface area (Å²) < 4.78 is 32.8. The zero-order chi connectivity index (χ0) is 20.7.